The molecule has 2 atom stereocenters. The number of aromatic nitrogens is 3. The van der Waals surface area contributed by atoms with E-state index in [1.165, 1.54) is 44.9 Å². The van der Waals surface area contributed by atoms with Crippen molar-refractivity contribution in [3.05, 3.63) is 12.4 Å². The van der Waals surface area contributed by atoms with Crippen molar-refractivity contribution in [1.29, 1.82) is 0 Å². The Bertz CT molecular complexity index is 269. The zero-order valence-corrected chi connectivity index (χ0v) is 11.6. The number of hydrogen-bond acceptors (Lipinski definition) is 2. The van der Waals surface area contributed by atoms with E-state index in [0.717, 1.165) is 0 Å². The van der Waals surface area contributed by atoms with Gasteiger partial charge in [-0.05, 0) is 12.3 Å². The van der Waals surface area contributed by atoms with Crippen LogP contribution in [0.5, 0.6) is 0 Å². The first-order valence-electron chi connectivity index (χ1n) is 7.15. The molecular formula is C14H27N3. The molecule has 3 nitrogen and oxygen atoms in total. The summed E-state index contributed by atoms with van der Waals surface area (Å²) in [4.78, 5) is 0. The molecule has 1 heterocycles. The van der Waals surface area contributed by atoms with Gasteiger partial charge in [-0.1, -0.05) is 64.5 Å². The fourth-order valence-corrected chi connectivity index (χ4v) is 2.30. The molecule has 3 heteroatoms. The van der Waals surface area contributed by atoms with Crippen LogP contribution >= 0.6 is 0 Å². The summed E-state index contributed by atoms with van der Waals surface area (Å²) < 4.78 is 2.05. The molecule has 17 heavy (non-hydrogen) atoms. The van der Waals surface area contributed by atoms with Crippen LogP contribution in [0.3, 0.4) is 0 Å². The van der Waals surface area contributed by atoms with Crippen molar-refractivity contribution in [2.24, 2.45) is 5.92 Å². The minimum Gasteiger partial charge on any atom is -0.249 e. The van der Waals surface area contributed by atoms with E-state index in [1.54, 1.807) is 6.20 Å². The lowest BCUT2D eigenvalue weighted by Crippen LogP contribution is -2.17. The van der Waals surface area contributed by atoms with Gasteiger partial charge in [0.05, 0.1) is 12.2 Å². The van der Waals surface area contributed by atoms with Crippen LogP contribution in [-0.2, 0) is 0 Å². The summed E-state index contributed by atoms with van der Waals surface area (Å²) in [6.07, 6.45) is 13.0. The summed E-state index contributed by atoms with van der Waals surface area (Å²) in [5.41, 5.74) is 0. The van der Waals surface area contributed by atoms with Gasteiger partial charge in [-0.3, -0.25) is 0 Å². The summed E-state index contributed by atoms with van der Waals surface area (Å²) in [7, 11) is 0. The predicted molar refractivity (Wildman–Crippen MR) is 71.9 cm³/mol. The van der Waals surface area contributed by atoms with Gasteiger partial charge >= 0.3 is 0 Å². The highest BCUT2D eigenvalue weighted by Gasteiger charge is 2.17. The van der Waals surface area contributed by atoms with Gasteiger partial charge in [0.1, 0.15) is 0 Å². The third-order valence-electron chi connectivity index (χ3n) is 3.69. The summed E-state index contributed by atoms with van der Waals surface area (Å²) in [6.45, 7) is 6.83. The molecule has 1 aromatic heterocycles. The Morgan fingerprint density at radius 2 is 1.88 bits per heavy atom. The molecule has 0 aliphatic rings. The molecule has 0 aliphatic heterocycles. The molecule has 0 N–H and O–H groups in total. The number of nitrogens with zero attached hydrogens (tertiary/aromatic N) is 3. The first-order valence-corrected chi connectivity index (χ1v) is 7.15. The van der Waals surface area contributed by atoms with E-state index in [9.17, 15) is 0 Å². The van der Waals surface area contributed by atoms with Crippen LogP contribution in [0.4, 0.5) is 0 Å². The third kappa shape index (κ3) is 4.88. The van der Waals surface area contributed by atoms with E-state index in [2.05, 4.69) is 31.1 Å². The first-order chi connectivity index (χ1) is 8.29. The number of hydrogen-bond donors (Lipinski definition) is 0. The van der Waals surface area contributed by atoms with Gasteiger partial charge in [0, 0.05) is 6.20 Å². The molecule has 0 aromatic carbocycles. The monoisotopic (exact) mass is 237 g/mol. The molecule has 98 valence electrons. The van der Waals surface area contributed by atoms with Crippen LogP contribution in [0.25, 0.3) is 0 Å². The van der Waals surface area contributed by atoms with E-state index in [4.69, 9.17) is 0 Å². The lowest BCUT2D eigenvalue weighted by atomic mass is 9.94. The van der Waals surface area contributed by atoms with Crippen molar-refractivity contribution in [1.82, 2.24) is 15.0 Å². The largest absolute Gasteiger partial charge is 0.249 e. The number of rotatable bonds is 9. The highest BCUT2D eigenvalue weighted by Crippen LogP contribution is 2.26. The van der Waals surface area contributed by atoms with Gasteiger partial charge in [0.25, 0.3) is 0 Å². The van der Waals surface area contributed by atoms with Crippen LogP contribution in [-0.4, -0.2) is 15.0 Å². The normalized spacial score (nSPS) is 14.8. The molecule has 2 unspecified atom stereocenters. The maximum atomic E-state index is 4.17. The Kier molecular flexibility index (Phi) is 6.90. The van der Waals surface area contributed by atoms with E-state index in [1.807, 2.05) is 10.9 Å². The molecule has 0 saturated heterocycles. The van der Waals surface area contributed by atoms with Gasteiger partial charge in [0.2, 0.25) is 0 Å². The van der Waals surface area contributed by atoms with E-state index < -0.39 is 0 Å². The van der Waals surface area contributed by atoms with Gasteiger partial charge in [0.15, 0.2) is 0 Å². The fraction of sp³-hybridized carbons (Fsp3) is 0.857. The molecule has 1 rings (SSSR count). The van der Waals surface area contributed by atoms with Crippen molar-refractivity contribution in [3.63, 3.8) is 0 Å². The second-order valence-corrected chi connectivity index (χ2v) is 5.04. The lowest BCUT2D eigenvalue weighted by molar-refractivity contribution is 0.286. The summed E-state index contributed by atoms with van der Waals surface area (Å²) in [6, 6.07) is 0.532. The van der Waals surface area contributed by atoms with Crippen molar-refractivity contribution in [2.75, 3.05) is 0 Å². The van der Waals surface area contributed by atoms with Crippen molar-refractivity contribution < 1.29 is 0 Å². The standard InChI is InChI=1S/C14H27N3/c1-4-6-7-8-9-10-14(13(3)5-2)17-12-11-15-16-17/h11-14H,4-10H2,1-3H3. The Labute approximate surface area is 106 Å². The lowest BCUT2D eigenvalue weighted by Gasteiger charge is -2.22. The number of unbranched alkanes of at least 4 members (excludes halogenated alkanes) is 4. The quantitative estimate of drug-likeness (QED) is 0.602. The fourth-order valence-electron chi connectivity index (χ4n) is 2.30. The van der Waals surface area contributed by atoms with Crippen LogP contribution in [0.2, 0.25) is 0 Å². The summed E-state index contributed by atoms with van der Waals surface area (Å²) in [5.74, 6) is 0.683. The molecule has 0 radical (unpaired) electrons. The molecule has 0 bridgehead atoms. The van der Waals surface area contributed by atoms with Crippen LogP contribution in [0.1, 0.15) is 71.8 Å². The smallest absolute Gasteiger partial charge is 0.0693 e. The second kappa shape index (κ2) is 8.26. The maximum Gasteiger partial charge on any atom is 0.0693 e. The van der Waals surface area contributed by atoms with Gasteiger partial charge < -0.3 is 0 Å². The van der Waals surface area contributed by atoms with Gasteiger partial charge in [-0.15, -0.1) is 5.10 Å². The van der Waals surface area contributed by atoms with E-state index in [0.29, 0.717) is 12.0 Å². The van der Waals surface area contributed by atoms with Crippen molar-refractivity contribution in [3.8, 4) is 0 Å². The van der Waals surface area contributed by atoms with Crippen LogP contribution < -0.4 is 0 Å². The van der Waals surface area contributed by atoms with Gasteiger partial charge in [-0.2, -0.15) is 0 Å². The predicted octanol–water partition coefficient (Wildman–Crippen LogP) is 4.23. The molecule has 0 spiro atoms. The average molecular weight is 237 g/mol. The van der Waals surface area contributed by atoms with Gasteiger partial charge in [-0.25, -0.2) is 4.68 Å². The molecule has 0 amide bonds. The molecule has 0 saturated carbocycles. The second-order valence-electron chi connectivity index (χ2n) is 5.04. The zero-order valence-electron chi connectivity index (χ0n) is 11.6. The average Bonchev–Trinajstić information content (AvgIpc) is 2.86. The van der Waals surface area contributed by atoms with E-state index in [-0.39, 0.29) is 0 Å². The Hall–Kier alpha value is -0.860. The molecule has 0 aliphatic carbocycles. The van der Waals surface area contributed by atoms with Crippen LogP contribution in [0.15, 0.2) is 12.4 Å². The Balaban J connectivity index is 2.37. The summed E-state index contributed by atoms with van der Waals surface area (Å²) in [5, 5.41) is 8.10. The van der Waals surface area contributed by atoms with Crippen molar-refractivity contribution >= 4 is 0 Å². The first kappa shape index (κ1) is 14.2. The zero-order chi connectivity index (χ0) is 12.5. The third-order valence-corrected chi connectivity index (χ3v) is 3.69. The minimum atomic E-state index is 0.532. The SMILES string of the molecule is CCCCCCCC(C(C)CC)n1ccnn1. The Morgan fingerprint density at radius 3 is 2.47 bits per heavy atom. The van der Waals surface area contributed by atoms with E-state index >= 15 is 0 Å². The highest BCUT2D eigenvalue weighted by atomic mass is 15.4. The van der Waals surface area contributed by atoms with Crippen molar-refractivity contribution in [2.45, 2.75) is 71.8 Å². The molecular weight excluding hydrogens is 210 g/mol. The van der Waals surface area contributed by atoms with Crippen LogP contribution in [0, 0.1) is 5.92 Å². The maximum absolute atomic E-state index is 4.17. The minimum absolute atomic E-state index is 0.532. The molecule has 1 aromatic rings. The highest BCUT2D eigenvalue weighted by molar-refractivity contribution is 4.76. The Morgan fingerprint density at radius 1 is 1.12 bits per heavy atom. The summed E-state index contributed by atoms with van der Waals surface area (Å²) >= 11 is 0. The molecule has 0 fully saturated rings. The topological polar surface area (TPSA) is 30.7 Å².